The molecule has 0 aliphatic carbocycles. The van der Waals surface area contributed by atoms with Gasteiger partial charge in [-0.1, -0.05) is 38.6 Å². The van der Waals surface area contributed by atoms with Gasteiger partial charge in [-0.2, -0.15) is 18.3 Å². The Morgan fingerprint density at radius 1 is 1.24 bits per heavy atom. The summed E-state index contributed by atoms with van der Waals surface area (Å²) in [5.74, 6) is -1.40. The highest BCUT2D eigenvalue weighted by Gasteiger charge is 2.33. The van der Waals surface area contributed by atoms with Crippen LogP contribution in [-0.4, -0.2) is 53.4 Å². The van der Waals surface area contributed by atoms with E-state index in [9.17, 15) is 26.2 Å². The quantitative estimate of drug-likeness (QED) is 0.178. The molecule has 2 N–H and O–H groups in total. The largest absolute Gasteiger partial charge is 0.401 e. The summed E-state index contributed by atoms with van der Waals surface area (Å²) < 4.78 is 73.3. The van der Waals surface area contributed by atoms with E-state index in [1.54, 1.807) is 37.2 Å². The molecule has 0 saturated heterocycles. The summed E-state index contributed by atoms with van der Waals surface area (Å²) in [7, 11) is -2.23. The topological polar surface area (TPSA) is 56.7 Å². The van der Waals surface area contributed by atoms with Crippen LogP contribution in [0.1, 0.15) is 52.2 Å². The molecule has 33 heavy (non-hydrogen) atoms. The fraction of sp³-hybridized carbons (Fsp3) is 0.591. The van der Waals surface area contributed by atoms with Crippen molar-refractivity contribution in [1.82, 2.24) is 15.0 Å². The summed E-state index contributed by atoms with van der Waals surface area (Å²) in [5.41, 5.74) is 1.24. The second kappa shape index (κ2) is 15.1. The van der Waals surface area contributed by atoms with Gasteiger partial charge in [-0.15, -0.1) is 0 Å². The lowest BCUT2D eigenvalue weighted by molar-refractivity contribution is -0.106. The number of hydrogen-bond donors (Lipinski definition) is 2. The van der Waals surface area contributed by atoms with Gasteiger partial charge in [-0.25, -0.2) is 17.7 Å². The number of hydrazone groups is 1. The highest BCUT2D eigenvalue weighted by atomic mass is 32.2. The first kappa shape index (κ1) is 31.1. The van der Waals surface area contributed by atoms with Gasteiger partial charge < -0.3 is 5.32 Å². The molecule has 0 radical (unpaired) electrons. The van der Waals surface area contributed by atoms with E-state index >= 15 is 0 Å². The molecule has 0 heterocycles. The molecule has 1 aromatic carbocycles. The molecule has 0 aliphatic heterocycles. The van der Waals surface area contributed by atoms with E-state index in [0.29, 0.717) is 24.4 Å². The molecule has 1 aromatic rings. The molecule has 0 saturated carbocycles. The Morgan fingerprint density at radius 2 is 1.85 bits per heavy atom. The second-order valence-corrected chi connectivity index (χ2v) is 8.66. The fourth-order valence-electron chi connectivity index (χ4n) is 2.46. The first-order valence-corrected chi connectivity index (χ1v) is 11.9. The molecular weight excluding hydrogens is 463 g/mol. The highest BCUT2D eigenvalue weighted by Crippen LogP contribution is 2.26. The summed E-state index contributed by atoms with van der Waals surface area (Å²) in [5, 5.41) is 9.29. The van der Waals surface area contributed by atoms with Gasteiger partial charge in [0, 0.05) is 31.3 Å². The highest BCUT2D eigenvalue weighted by molar-refractivity contribution is 7.83. The molecule has 1 rings (SSSR count). The van der Waals surface area contributed by atoms with Crippen molar-refractivity contribution in [2.45, 2.75) is 59.2 Å². The van der Waals surface area contributed by atoms with Crippen LogP contribution >= 0.6 is 0 Å². The SMILES string of the molecule is C=C(c1cccc(C(C)(C)NS(=O)CC(F)(F)F)c1)N(CC)/N=C/CNCC.CCC(F)F. The fourth-order valence-corrected chi connectivity index (χ4v) is 3.51. The average molecular weight is 499 g/mol. The van der Waals surface area contributed by atoms with Crippen LogP contribution in [0.4, 0.5) is 22.0 Å². The molecule has 0 bridgehead atoms. The molecule has 1 unspecified atom stereocenters. The van der Waals surface area contributed by atoms with Crippen LogP contribution in [0.5, 0.6) is 0 Å². The maximum Gasteiger partial charge on any atom is 0.401 e. The van der Waals surface area contributed by atoms with Gasteiger partial charge >= 0.3 is 6.18 Å². The van der Waals surface area contributed by atoms with Crippen molar-refractivity contribution >= 4 is 22.9 Å². The van der Waals surface area contributed by atoms with Crippen LogP contribution in [0.3, 0.4) is 0 Å². The van der Waals surface area contributed by atoms with Crippen molar-refractivity contribution in [3.05, 3.63) is 42.0 Å². The molecule has 1 atom stereocenters. The monoisotopic (exact) mass is 498 g/mol. The molecule has 0 fully saturated rings. The predicted molar refractivity (Wildman–Crippen MR) is 126 cm³/mol. The summed E-state index contributed by atoms with van der Waals surface area (Å²) >= 11 is 0. The third-order valence-electron chi connectivity index (χ3n) is 4.21. The van der Waals surface area contributed by atoms with E-state index in [0.717, 1.165) is 12.1 Å². The Bertz CT molecular complexity index is 769. The van der Waals surface area contributed by atoms with E-state index in [2.05, 4.69) is 21.7 Å². The third kappa shape index (κ3) is 13.4. The lowest BCUT2D eigenvalue weighted by Crippen LogP contribution is -2.41. The van der Waals surface area contributed by atoms with Crippen LogP contribution in [0.15, 0.2) is 35.9 Å². The van der Waals surface area contributed by atoms with Gasteiger partial charge in [0.05, 0.1) is 5.70 Å². The molecule has 190 valence electrons. The number of rotatable bonds is 12. The Labute approximate surface area is 196 Å². The lowest BCUT2D eigenvalue weighted by atomic mass is 9.93. The van der Waals surface area contributed by atoms with Crippen LogP contribution in [0, 0.1) is 0 Å². The Morgan fingerprint density at radius 3 is 2.33 bits per heavy atom. The van der Waals surface area contributed by atoms with E-state index in [4.69, 9.17) is 0 Å². The number of benzene rings is 1. The maximum atomic E-state index is 12.5. The van der Waals surface area contributed by atoms with Crippen LogP contribution in [0.2, 0.25) is 0 Å². The first-order valence-electron chi connectivity index (χ1n) is 10.6. The Hall–Kier alpha value is -1.85. The van der Waals surface area contributed by atoms with Gasteiger partial charge in [0.2, 0.25) is 6.43 Å². The minimum atomic E-state index is -4.49. The first-order chi connectivity index (χ1) is 15.3. The predicted octanol–water partition coefficient (Wildman–Crippen LogP) is 5.29. The second-order valence-electron chi connectivity index (χ2n) is 7.48. The van der Waals surface area contributed by atoms with Crippen molar-refractivity contribution in [2.24, 2.45) is 5.10 Å². The number of nitrogens with zero attached hydrogens (tertiary/aromatic N) is 2. The van der Waals surface area contributed by atoms with Gasteiger partial charge in [-0.05, 0) is 44.5 Å². The summed E-state index contributed by atoms with van der Waals surface area (Å²) in [6, 6.07) is 7.25. The van der Waals surface area contributed by atoms with Crippen molar-refractivity contribution in [1.29, 1.82) is 0 Å². The van der Waals surface area contributed by atoms with Crippen molar-refractivity contribution in [3.63, 3.8) is 0 Å². The third-order valence-corrected chi connectivity index (χ3v) is 5.54. The van der Waals surface area contributed by atoms with Crippen LogP contribution in [-0.2, 0) is 16.5 Å². The number of halogens is 5. The standard InChI is InChI=1S/C19H29F3N4OS.C3H6F2/c1-6-23-11-12-24-26(7-2)15(3)16-9-8-10-17(13-16)18(4,5)25-28(27)14-19(20,21)22;1-2-3(4)5/h8-10,12-13,23,25H,3,6-7,11,14H2,1-2,4-5H3;3H,2H2,1H3/b24-12+;. The minimum Gasteiger partial charge on any atom is -0.312 e. The molecule has 0 aromatic heterocycles. The summed E-state index contributed by atoms with van der Waals surface area (Å²) in [4.78, 5) is 0. The number of hydrogen-bond acceptors (Lipinski definition) is 4. The van der Waals surface area contributed by atoms with Crippen LogP contribution in [0.25, 0.3) is 5.70 Å². The number of nitrogens with one attached hydrogen (secondary N) is 2. The Kier molecular flexibility index (Phi) is 14.3. The Balaban J connectivity index is 0.00000184. The molecule has 0 amide bonds. The zero-order valence-corrected chi connectivity index (χ0v) is 20.6. The smallest absolute Gasteiger partial charge is 0.312 e. The van der Waals surface area contributed by atoms with Gasteiger partial charge in [0.25, 0.3) is 0 Å². The van der Waals surface area contributed by atoms with Crippen LogP contribution < -0.4 is 10.0 Å². The zero-order valence-electron chi connectivity index (χ0n) is 19.8. The van der Waals surface area contributed by atoms with E-state index < -0.39 is 34.9 Å². The van der Waals surface area contributed by atoms with Crippen molar-refractivity contribution < 1.29 is 26.2 Å². The van der Waals surface area contributed by atoms with E-state index in [1.165, 1.54) is 6.92 Å². The van der Waals surface area contributed by atoms with Crippen molar-refractivity contribution in [2.75, 3.05) is 25.4 Å². The molecule has 11 heteroatoms. The van der Waals surface area contributed by atoms with Gasteiger partial charge in [0.1, 0.15) is 16.7 Å². The van der Waals surface area contributed by atoms with E-state index in [1.807, 2.05) is 26.0 Å². The number of alkyl halides is 5. The van der Waals surface area contributed by atoms with E-state index in [-0.39, 0.29) is 6.42 Å². The molecule has 0 aliphatic rings. The molecule has 5 nitrogen and oxygen atoms in total. The summed E-state index contributed by atoms with van der Waals surface area (Å²) in [6.45, 7) is 15.0. The minimum absolute atomic E-state index is 0.0278. The average Bonchev–Trinajstić information content (AvgIpc) is 2.72. The van der Waals surface area contributed by atoms with Gasteiger partial charge in [0.15, 0.2) is 0 Å². The van der Waals surface area contributed by atoms with Gasteiger partial charge in [-0.3, -0.25) is 5.01 Å². The maximum absolute atomic E-state index is 12.5. The normalized spacial score (nSPS) is 13.1. The molecular formula is C22H35F5N4OS. The lowest BCUT2D eigenvalue weighted by Gasteiger charge is -2.28. The van der Waals surface area contributed by atoms with Crippen molar-refractivity contribution in [3.8, 4) is 0 Å². The molecule has 0 spiro atoms. The zero-order chi connectivity index (χ0) is 25.7. The summed E-state index contributed by atoms with van der Waals surface area (Å²) in [6.07, 6.45) is -4.88.